The second-order valence-electron chi connectivity index (χ2n) is 20.5. The van der Waals surface area contributed by atoms with Crippen molar-refractivity contribution in [3.05, 3.63) is 246 Å². The van der Waals surface area contributed by atoms with Gasteiger partial charge in [0, 0.05) is 5.57 Å². The third-order valence-corrected chi connectivity index (χ3v) is 15.1. The van der Waals surface area contributed by atoms with Crippen LogP contribution in [0.1, 0.15) is 91.3 Å². The number of benzene rings is 4. The van der Waals surface area contributed by atoms with Crippen LogP contribution in [0.15, 0.2) is 33.6 Å². The molecule has 6 aromatic rings. The van der Waals surface area contributed by atoms with Crippen molar-refractivity contribution in [1.82, 2.24) is 19.9 Å². The molecule has 0 radical (unpaired) electrons. The van der Waals surface area contributed by atoms with Crippen LogP contribution in [0.4, 0.5) is 154 Å². The van der Waals surface area contributed by atoms with E-state index in [1.807, 2.05) is 0 Å². The van der Waals surface area contributed by atoms with E-state index in [4.69, 9.17) is 29.8 Å². The summed E-state index contributed by atoms with van der Waals surface area (Å²) in [5, 5.41) is 45.8. The van der Waals surface area contributed by atoms with E-state index in [9.17, 15) is 170 Å². The van der Waals surface area contributed by atoms with Crippen LogP contribution in [-0.4, -0.2) is 63.5 Å². The molecule has 2 aliphatic carbocycles. The van der Waals surface area contributed by atoms with Crippen molar-refractivity contribution < 1.29 is 314 Å². The number of aromatic nitrogens is 4. The van der Waals surface area contributed by atoms with Crippen molar-refractivity contribution in [3.8, 4) is 18.2 Å². The topological polar surface area (TPSA) is 203 Å². The fourth-order valence-corrected chi connectivity index (χ4v) is 10.2. The van der Waals surface area contributed by atoms with Crippen molar-refractivity contribution in [2.45, 2.75) is 63.7 Å². The predicted molar refractivity (Wildman–Crippen MR) is 295 cm³/mol. The molecule has 2 unspecified atom stereocenters. The monoisotopic (exact) mass is 1900 g/mol. The molecular formula is C62H24Cs2F35N11O3. The molecule has 0 aliphatic heterocycles. The Morgan fingerprint density at radius 2 is 0.814 bits per heavy atom. The van der Waals surface area contributed by atoms with Crippen LogP contribution in [0.25, 0.3) is 32.1 Å². The number of likely N-dealkylation sites (N-methyl/N-ethyl adjacent to an activating group) is 1. The van der Waals surface area contributed by atoms with Crippen LogP contribution >= 0.6 is 0 Å². The zero-order valence-electron chi connectivity index (χ0n) is 57.1. The van der Waals surface area contributed by atoms with Gasteiger partial charge in [-0.15, -0.1) is 0 Å². The average Bonchev–Trinajstić information content (AvgIpc) is 1.54. The minimum Gasteiger partial charge on any atom is -1.00 e. The van der Waals surface area contributed by atoms with Crippen LogP contribution in [0.3, 0.4) is 0 Å². The molecule has 14 nitrogen and oxygen atoms in total. The first-order valence-corrected chi connectivity index (χ1v) is 27.9. The van der Waals surface area contributed by atoms with E-state index in [0.29, 0.717) is 0 Å². The van der Waals surface area contributed by atoms with Crippen LogP contribution in [-0.2, 0) is 40.8 Å². The third kappa shape index (κ3) is 19.9. The second kappa shape index (κ2) is 39.5. The van der Waals surface area contributed by atoms with Gasteiger partial charge >= 0.3 is 175 Å². The molecule has 0 bridgehead atoms. The maximum absolute atomic E-state index is 15.0. The van der Waals surface area contributed by atoms with E-state index in [-0.39, 0.29) is 165 Å². The molecule has 8 rings (SSSR count). The van der Waals surface area contributed by atoms with Crippen molar-refractivity contribution in [1.29, 1.82) is 15.8 Å². The van der Waals surface area contributed by atoms with Crippen LogP contribution in [0.2, 0.25) is 0 Å². The van der Waals surface area contributed by atoms with Gasteiger partial charge in [-0.1, -0.05) is 0 Å². The first-order valence-electron chi connectivity index (χ1n) is 28.6. The Balaban J connectivity index is 0.000000918. The van der Waals surface area contributed by atoms with E-state index < -0.39 is 290 Å². The second-order valence-corrected chi connectivity index (χ2v) is 20.5. The van der Waals surface area contributed by atoms with E-state index >= 15 is 0 Å². The molecule has 2 atom stereocenters. The Hall–Kier alpha value is -8.06. The number of hydrogen-bond acceptors (Lipinski definition) is 10. The van der Waals surface area contributed by atoms with Gasteiger partial charge < -0.3 is 17.0 Å². The molecule has 2 aromatic heterocycles. The molecular weight excluding hydrogens is 1880 g/mol. The van der Waals surface area contributed by atoms with Gasteiger partial charge in [0.1, 0.15) is 45.5 Å². The number of nitrogens with zero attached hydrogens (tertiary/aromatic N) is 11. The Bertz CT molecular complexity index is 5130. The summed E-state index contributed by atoms with van der Waals surface area (Å²) in [6.07, 6.45) is -28.2. The number of hydrogen-bond donors (Lipinski definition) is 0. The smallest absolute Gasteiger partial charge is 1.00 e. The number of carbonyl (C=O) groups excluding carboxylic acids is 1. The zero-order chi connectivity index (χ0) is 86.3. The van der Waals surface area contributed by atoms with Gasteiger partial charge in [-0.3, -0.25) is 19.5 Å². The molecule has 592 valence electrons. The number of allylic oxidation sites excluding steroid dienone is 6. The largest absolute Gasteiger partial charge is 1.00 e. The molecule has 0 saturated heterocycles. The molecule has 0 saturated carbocycles. The SMILES string of the molecule is N#CCc1nc(F)nc(F)c1F.O=CO[O-].[2H]CF.[C-]#[N+]/C(=C1C(C(=C=[N-])c2c(F)c(F)c(C(F)(F)F)c(F)c2F)=C/1[N+](CC)(CC)CC)c1c(F)c(F)c(C(F)(F)F)c(F)c1F.[C-]#[N+]/C(=C1C(C(C#N)c2nc(F)nc(F)c2F)=C\1C(C#N)c1c(F)c(F)c(C(F)(F)F)c(F)c1F)c1c(F)c(F)c(C(F)(F)F)c(F)c1F.[Cs+].[Cs+].[H-]. The Morgan fingerprint density at radius 3 is 1.11 bits per heavy atom. The van der Waals surface area contributed by atoms with Gasteiger partial charge in [0.25, 0.3) is 18.4 Å². The molecule has 0 spiro atoms. The molecule has 4 aromatic carbocycles. The maximum Gasteiger partial charge on any atom is 1.00 e. The average molecular weight is 1900 g/mol. The van der Waals surface area contributed by atoms with Gasteiger partial charge in [0.05, 0.1) is 105 Å². The summed E-state index contributed by atoms with van der Waals surface area (Å²) in [5.74, 6) is -60.1. The van der Waals surface area contributed by atoms with E-state index in [0.717, 1.165) is 18.0 Å². The molecule has 0 fully saturated rings. The first-order chi connectivity index (χ1) is 51.8. The minimum atomic E-state index is -6.14. The summed E-state index contributed by atoms with van der Waals surface area (Å²) in [6, 6.07) is 3.39. The number of nitriles is 3. The molecule has 51 heteroatoms. The molecule has 0 N–H and O–H groups in total. The number of carbonyl (C=O) groups is 1. The van der Waals surface area contributed by atoms with Gasteiger partial charge in [-0.25, -0.2) is 89.9 Å². The van der Waals surface area contributed by atoms with Crippen molar-refractivity contribution in [2.75, 3.05) is 26.8 Å². The summed E-state index contributed by atoms with van der Waals surface area (Å²) in [6.45, 7) is 18.7. The molecule has 2 aliphatic rings. The molecule has 2 heterocycles. The van der Waals surface area contributed by atoms with Crippen molar-refractivity contribution in [3.63, 3.8) is 0 Å². The molecule has 0 amide bonds. The summed E-state index contributed by atoms with van der Waals surface area (Å²) in [5.41, 5.74) is -35.1. The normalized spacial score (nSPS) is 13.8. The predicted octanol–water partition coefficient (Wildman–Crippen LogP) is 11.6. The van der Waals surface area contributed by atoms with E-state index in [1.165, 1.54) is 26.8 Å². The van der Waals surface area contributed by atoms with E-state index in [2.05, 4.69) is 34.5 Å². The number of quaternary nitrogens is 1. The summed E-state index contributed by atoms with van der Waals surface area (Å²) < 4.78 is 487. The Labute approximate surface area is 725 Å². The minimum absolute atomic E-state index is 0. The zero-order valence-corrected chi connectivity index (χ0v) is 67.7. The Morgan fingerprint density at radius 1 is 0.513 bits per heavy atom. The van der Waals surface area contributed by atoms with Crippen LogP contribution < -0.4 is 143 Å². The third-order valence-electron chi connectivity index (χ3n) is 15.1. The standard InChI is InChI=1S/C27H2F17N5.C27H15F14N3.C6H2F3N3.CH3F.CH2O3.2Cs.H/c1-47-23(10-15(30)19(34)12(27(42,43)44)20(35)16(10)31)9-6(7(9)5(3-46)22-21(36)24(37)49-25(38)48-22)4(2-45)8-13(28)17(32)11(26(39,40)41)18(33)14(8)29;1-5-44(6-2,7-3)25-10(9(8-42)11-16(28)20(32)14(26(36,37)38)21(33)17(11)29)12(25)24(43-4)13-18(30)22(34)15(27(39,40)41)23(35)19(13)31;7-4-3(1-2-10)11-6(9)12-5(4)8;1-2;2-1-4-3;;;/h4-5H;5-7H2,1-3H3;1H2;1H3;1,3H;;;/q;;;;;2*+1;-1/p-1/b23-9-;24-12-;;;;;;/i;;;1D;;;;. The van der Waals surface area contributed by atoms with Crippen LogP contribution in [0, 0.1) is 176 Å². The summed E-state index contributed by atoms with van der Waals surface area (Å²) in [7, 11) is -1.00. The van der Waals surface area contributed by atoms with E-state index in [1.54, 1.807) is 0 Å². The summed E-state index contributed by atoms with van der Waals surface area (Å²) >= 11 is 0. The Kier molecular flexibility index (Phi) is 34.7. The van der Waals surface area contributed by atoms with Crippen LogP contribution in [0.5, 0.6) is 0 Å². The van der Waals surface area contributed by atoms with Gasteiger partial charge in [0.2, 0.25) is 23.0 Å². The number of halogens is 35. The fourth-order valence-electron chi connectivity index (χ4n) is 10.2. The fraction of sp³-hybridized carbons (Fsp3) is 0.226. The quantitative estimate of drug-likeness (QED) is 0.00964. The van der Waals surface area contributed by atoms with Gasteiger partial charge in [-0.05, 0) is 37.5 Å². The maximum atomic E-state index is 15.0. The molecule has 113 heavy (non-hydrogen) atoms. The summed E-state index contributed by atoms with van der Waals surface area (Å²) in [4.78, 5) is 26.9. The first kappa shape index (κ1) is 99.1. The van der Waals surface area contributed by atoms with Gasteiger partial charge in [0.15, 0.2) is 93.1 Å². The number of alkyl halides is 13. The number of rotatable bonds is 14. The van der Waals surface area contributed by atoms with Gasteiger partial charge in [-0.2, -0.15) is 105 Å². The van der Waals surface area contributed by atoms with Crippen molar-refractivity contribution >= 4 is 29.3 Å². The van der Waals surface area contributed by atoms with Crippen molar-refractivity contribution in [2.24, 2.45) is 0 Å².